The Hall–Kier alpha value is -3.20. The van der Waals surface area contributed by atoms with E-state index < -0.39 is 30.1 Å². The molecular weight excluding hydrogens is 610 g/mol. The van der Waals surface area contributed by atoms with Gasteiger partial charge in [-0.2, -0.15) is 0 Å². The molecule has 46 heavy (non-hydrogen) atoms. The number of rotatable bonds is 19. The number of likely N-dealkylation sites (N-methyl/N-ethyl adjacent to an activating group) is 1. The predicted octanol–water partition coefficient (Wildman–Crippen LogP) is 3.37. The van der Waals surface area contributed by atoms with E-state index in [0.717, 1.165) is 28.2 Å². The van der Waals surface area contributed by atoms with Gasteiger partial charge in [0.15, 0.2) is 6.29 Å². The molecule has 13 heteroatoms. The fraction of sp³-hybridized carbons (Fsp3) is 0.576. The van der Waals surface area contributed by atoms with Gasteiger partial charge in [-0.3, -0.25) is 9.59 Å². The number of amides is 2. The summed E-state index contributed by atoms with van der Waals surface area (Å²) in [5.41, 5.74) is 11.0. The van der Waals surface area contributed by atoms with Crippen molar-refractivity contribution < 1.29 is 33.4 Å². The minimum absolute atomic E-state index is 0.179. The number of ether oxygens (including phenoxy) is 3. The number of nitrogens with zero attached hydrogens (tertiary/aromatic N) is 3. The van der Waals surface area contributed by atoms with Crippen LogP contribution in [0.4, 0.5) is 0 Å². The van der Waals surface area contributed by atoms with Crippen LogP contribution in [0.25, 0.3) is 10.4 Å². The molecule has 1 saturated heterocycles. The first-order valence-electron chi connectivity index (χ1n) is 15.8. The maximum absolute atomic E-state index is 14.1. The van der Waals surface area contributed by atoms with Crippen molar-refractivity contribution >= 4 is 23.2 Å². The molecule has 1 aliphatic rings. The molecule has 0 saturated carbocycles. The third kappa shape index (κ3) is 9.43. The summed E-state index contributed by atoms with van der Waals surface area (Å²) in [7, 11) is 1.87. The Morgan fingerprint density at radius 1 is 1.15 bits per heavy atom. The first-order chi connectivity index (χ1) is 22.2. The molecule has 0 spiro atoms. The van der Waals surface area contributed by atoms with Gasteiger partial charge in [-0.1, -0.05) is 36.3 Å². The molecule has 1 aliphatic heterocycles. The summed E-state index contributed by atoms with van der Waals surface area (Å²) in [5, 5.41) is 18.5. The topological polar surface area (TPSA) is 162 Å². The lowest BCUT2D eigenvalue weighted by Gasteiger charge is -2.32. The number of likely N-dealkylation sites (tertiary alicyclic amines) is 1. The van der Waals surface area contributed by atoms with Crippen molar-refractivity contribution in [2.45, 2.75) is 64.2 Å². The van der Waals surface area contributed by atoms with Gasteiger partial charge in [0.05, 0.1) is 54.8 Å². The number of carbonyl (C=O) groups is 2. The van der Waals surface area contributed by atoms with Gasteiger partial charge in [0, 0.05) is 25.1 Å². The number of aromatic nitrogens is 2. The SMILES string of the molecule is CNCCOCCOCCOC(O)[C@H](CC(C)[C@H](C(=O)N1CCCC1C(N)=O)c1cc(C)no1)c1ccc(-c2scnc2C)cc1. The molecule has 1 fully saturated rings. The van der Waals surface area contributed by atoms with Gasteiger partial charge in [0.2, 0.25) is 11.8 Å². The average molecular weight is 658 g/mol. The molecule has 4 N–H and O–H groups in total. The van der Waals surface area contributed by atoms with E-state index >= 15 is 0 Å². The Kier molecular flexibility index (Phi) is 13.7. The number of aliphatic hydroxyl groups is 1. The van der Waals surface area contributed by atoms with E-state index in [0.29, 0.717) is 63.7 Å². The van der Waals surface area contributed by atoms with Crippen molar-refractivity contribution in [3.63, 3.8) is 0 Å². The summed E-state index contributed by atoms with van der Waals surface area (Å²) >= 11 is 1.58. The summed E-state index contributed by atoms with van der Waals surface area (Å²) in [5.74, 6) is -1.88. The van der Waals surface area contributed by atoms with Gasteiger partial charge in [0.1, 0.15) is 17.7 Å². The standard InChI is InChI=1S/C33H47N5O7S/c1-21(29(28-19-22(2)37-45-28)32(40)38-12-5-6-27(38)31(34)39)18-26(33(41)44-17-16-43-15-14-42-13-11-35-4)24-7-9-25(10-8-24)30-23(3)36-20-46-30/h7-10,19-21,26-27,29,33,35,41H,5-6,11-18H2,1-4H3,(H2,34,39)/t21?,26-,27?,29+,33?/m1/s1. The van der Waals surface area contributed by atoms with E-state index in [4.69, 9.17) is 24.5 Å². The molecule has 252 valence electrons. The summed E-state index contributed by atoms with van der Waals surface area (Å²) in [4.78, 5) is 33.3. The second-order valence-electron chi connectivity index (χ2n) is 11.7. The molecule has 0 aliphatic carbocycles. The first kappa shape index (κ1) is 35.7. The smallest absolute Gasteiger partial charge is 0.240 e. The second kappa shape index (κ2) is 17.6. The Morgan fingerprint density at radius 2 is 1.87 bits per heavy atom. The zero-order valence-electron chi connectivity index (χ0n) is 27.1. The minimum atomic E-state index is -1.17. The number of nitrogens with two attached hydrogens (primary N) is 1. The highest BCUT2D eigenvalue weighted by Crippen LogP contribution is 2.39. The van der Waals surface area contributed by atoms with Crippen LogP contribution in [0.15, 0.2) is 40.4 Å². The summed E-state index contributed by atoms with van der Waals surface area (Å²) in [6.45, 7) is 8.90. The van der Waals surface area contributed by atoms with Gasteiger partial charge in [-0.25, -0.2) is 4.98 Å². The lowest BCUT2D eigenvalue weighted by Crippen LogP contribution is -2.46. The molecule has 12 nitrogen and oxygen atoms in total. The number of benzene rings is 1. The van der Waals surface area contributed by atoms with Gasteiger partial charge in [0.25, 0.3) is 0 Å². The van der Waals surface area contributed by atoms with Crippen molar-refractivity contribution in [3.05, 3.63) is 58.6 Å². The van der Waals surface area contributed by atoms with E-state index in [1.165, 1.54) is 0 Å². The molecule has 2 aromatic heterocycles. The lowest BCUT2D eigenvalue weighted by atomic mass is 9.80. The highest BCUT2D eigenvalue weighted by Gasteiger charge is 2.41. The lowest BCUT2D eigenvalue weighted by molar-refractivity contribution is -0.141. The van der Waals surface area contributed by atoms with Gasteiger partial charge in [-0.15, -0.1) is 11.3 Å². The number of thiazole rings is 1. The van der Waals surface area contributed by atoms with Crippen LogP contribution in [-0.2, 0) is 23.8 Å². The Labute approximate surface area is 274 Å². The molecule has 3 heterocycles. The number of hydrogen-bond acceptors (Lipinski definition) is 11. The zero-order valence-corrected chi connectivity index (χ0v) is 28.0. The van der Waals surface area contributed by atoms with Gasteiger partial charge in [-0.05, 0) is 57.2 Å². The molecular formula is C33H47N5O7S. The normalized spacial score (nSPS) is 17.6. The Bertz CT molecular complexity index is 1380. The number of aliphatic hydroxyl groups excluding tert-OH is 1. The summed E-state index contributed by atoms with van der Waals surface area (Å²) in [6.07, 6.45) is 0.431. The molecule has 4 rings (SSSR count). The van der Waals surface area contributed by atoms with E-state index in [1.54, 1.807) is 29.2 Å². The van der Waals surface area contributed by atoms with Crippen LogP contribution in [0, 0.1) is 19.8 Å². The number of aryl methyl sites for hydroxylation is 2. The van der Waals surface area contributed by atoms with E-state index in [2.05, 4.69) is 15.5 Å². The fourth-order valence-corrected chi connectivity index (χ4v) is 6.75. The highest BCUT2D eigenvalue weighted by molar-refractivity contribution is 7.13. The molecule has 3 unspecified atom stereocenters. The van der Waals surface area contributed by atoms with Crippen molar-refractivity contribution in [2.24, 2.45) is 11.7 Å². The predicted molar refractivity (Wildman–Crippen MR) is 174 cm³/mol. The summed E-state index contributed by atoms with van der Waals surface area (Å²) in [6, 6.07) is 9.09. The Morgan fingerprint density at radius 3 is 2.50 bits per heavy atom. The zero-order chi connectivity index (χ0) is 33.1. The third-order valence-corrected chi connectivity index (χ3v) is 9.33. The monoisotopic (exact) mass is 657 g/mol. The number of nitrogens with one attached hydrogen (secondary N) is 1. The Balaban J connectivity index is 1.52. The summed E-state index contributed by atoms with van der Waals surface area (Å²) < 4.78 is 22.6. The molecule has 5 atom stereocenters. The molecule has 1 aromatic carbocycles. The number of hydrogen-bond donors (Lipinski definition) is 3. The van der Waals surface area contributed by atoms with Crippen LogP contribution >= 0.6 is 11.3 Å². The van der Waals surface area contributed by atoms with Crippen molar-refractivity contribution in [1.29, 1.82) is 0 Å². The largest absolute Gasteiger partial charge is 0.378 e. The van der Waals surface area contributed by atoms with Crippen LogP contribution in [-0.4, -0.2) is 97.5 Å². The molecule has 3 aromatic rings. The second-order valence-corrected chi connectivity index (χ2v) is 12.6. The highest BCUT2D eigenvalue weighted by atomic mass is 32.1. The number of carbonyl (C=O) groups excluding carboxylic acids is 2. The van der Waals surface area contributed by atoms with E-state index in [9.17, 15) is 14.7 Å². The fourth-order valence-electron chi connectivity index (χ4n) is 5.93. The van der Waals surface area contributed by atoms with Crippen molar-refractivity contribution in [3.8, 4) is 10.4 Å². The third-order valence-electron chi connectivity index (χ3n) is 8.35. The number of primary amides is 1. The van der Waals surface area contributed by atoms with Crippen LogP contribution in [0.3, 0.4) is 0 Å². The molecule has 0 radical (unpaired) electrons. The van der Waals surface area contributed by atoms with E-state index in [-0.39, 0.29) is 18.4 Å². The van der Waals surface area contributed by atoms with Gasteiger partial charge >= 0.3 is 0 Å². The first-order valence-corrected chi connectivity index (χ1v) is 16.7. The quantitative estimate of drug-likeness (QED) is 0.129. The van der Waals surface area contributed by atoms with Crippen LogP contribution in [0.2, 0.25) is 0 Å². The maximum Gasteiger partial charge on any atom is 0.240 e. The average Bonchev–Trinajstić information content (AvgIpc) is 3.81. The van der Waals surface area contributed by atoms with Crippen LogP contribution < -0.4 is 11.1 Å². The van der Waals surface area contributed by atoms with E-state index in [1.807, 2.05) is 50.7 Å². The van der Waals surface area contributed by atoms with Crippen molar-refractivity contribution in [2.75, 3.05) is 53.2 Å². The van der Waals surface area contributed by atoms with Crippen LogP contribution in [0.1, 0.15) is 60.7 Å². The molecule has 0 bridgehead atoms. The van der Waals surface area contributed by atoms with Gasteiger partial charge < -0.3 is 39.8 Å². The molecule has 2 amide bonds. The maximum atomic E-state index is 14.1. The minimum Gasteiger partial charge on any atom is -0.378 e. The van der Waals surface area contributed by atoms with Crippen LogP contribution in [0.5, 0.6) is 0 Å². The van der Waals surface area contributed by atoms with Crippen molar-refractivity contribution in [1.82, 2.24) is 20.4 Å².